The fourth-order valence-corrected chi connectivity index (χ4v) is 6.77. The van der Waals surface area contributed by atoms with Crippen LogP contribution in [0.15, 0.2) is 62.6 Å². The largest absolute Gasteiger partial charge is 0.355 e. The summed E-state index contributed by atoms with van der Waals surface area (Å²) in [5.74, 6) is -0.231. The van der Waals surface area contributed by atoms with E-state index in [1.165, 1.54) is 29.0 Å². The number of H-pyrrole nitrogens is 1. The minimum Gasteiger partial charge on any atom is -0.355 e. The molecule has 0 radical (unpaired) electrons. The standard InChI is InChI=1S/C23H23N7O5S2/c31-16(12-36-20-18-19(26-13-25-18)27-14-28-20)24-8-4-9-29-21(32)17(15-6-2-1-3-7-15)22-30(23(29)33)10-5-11-37(22,34)35/h1-3,6-7,13-14H,4-5,8-12H2,(H,24,31)(H,25,26,27,28). The molecule has 1 amide bonds. The fourth-order valence-electron chi connectivity index (χ4n) is 4.26. The molecule has 1 aliphatic rings. The van der Waals surface area contributed by atoms with Crippen molar-refractivity contribution in [2.75, 3.05) is 18.1 Å². The van der Waals surface area contributed by atoms with Crippen molar-refractivity contribution in [2.45, 2.75) is 36.0 Å². The van der Waals surface area contributed by atoms with E-state index in [1.54, 1.807) is 30.3 Å². The van der Waals surface area contributed by atoms with Crippen molar-refractivity contribution >= 4 is 38.7 Å². The van der Waals surface area contributed by atoms with Gasteiger partial charge in [0.15, 0.2) is 20.5 Å². The minimum atomic E-state index is -3.78. The molecule has 1 aromatic carbocycles. The Bertz CT molecular complexity index is 1690. The first-order valence-electron chi connectivity index (χ1n) is 11.6. The summed E-state index contributed by atoms with van der Waals surface area (Å²) < 4.78 is 28.0. The maximum Gasteiger partial charge on any atom is 0.332 e. The van der Waals surface area contributed by atoms with E-state index in [4.69, 9.17) is 0 Å². The van der Waals surface area contributed by atoms with Crippen LogP contribution < -0.4 is 16.6 Å². The molecule has 0 bridgehead atoms. The lowest BCUT2D eigenvalue weighted by Gasteiger charge is -2.23. The molecular formula is C23H23N7O5S2. The van der Waals surface area contributed by atoms with Crippen LogP contribution in [0, 0.1) is 0 Å². The van der Waals surface area contributed by atoms with Gasteiger partial charge in [0.25, 0.3) is 5.56 Å². The molecule has 4 heterocycles. The van der Waals surface area contributed by atoms with Gasteiger partial charge in [0, 0.05) is 19.6 Å². The lowest BCUT2D eigenvalue weighted by atomic mass is 10.1. The van der Waals surface area contributed by atoms with Crippen LogP contribution in [0.2, 0.25) is 0 Å². The van der Waals surface area contributed by atoms with E-state index in [9.17, 15) is 22.8 Å². The number of nitrogens with one attached hydrogen (secondary N) is 2. The van der Waals surface area contributed by atoms with Crippen LogP contribution >= 0.6 is 11.8 Å². The van der Waals surface area contributed by atoms with Gasteiger partial charge in [0.2, 0.25) is 5.91 Å². The van der Waals surface area contributed by atoms with Gasteiger partial charge in [-0.2, -0.15) is 0 Å². The van der Waals surface area contributed by atoms with Gasteiger partial charge in [0.05, 0.1) is 23.4 Å². The number of sulfone groups is 1. The Balaban J connectivity index is 1.30. The van der Waals surface area contributed by atoms with Crippen LogP contribution in [0.5, 0.6) is 0 Å². The molecular weight excluding hydrogens is 518 g/mol. The normalized spacial score (nSPS) is 14.4. The third-order valence-electron chi connectivity index (χ3n) is 5.94. The predicted molar refractivity (Wildman–Crippen MR) is 137 cm³/mol. The fraction of sp³-hybridized carbons (Fsp3) is 0.304. The number of nitrogens with zero attached hydrogens (tertiary/aromatic N) is 5. The third-order valence-corrected chi connectivity index (χ3v) is 8.77. The quantitative estimate of drug-likeness (QED) is 0.187. The van der Waals surface area contributed by atoms with Gasteiger partial charge in [-0.15, -0.1) is 0 Å². The molecule has 12 nitrogen and oxygen atoms in total. The minimum absolute atomic E-state index is 0.00954. The second-order valence-electron chi connectivity index (χ2n) is 8.38. The van der Waals surface area contributed by atoms with Gasteiger partial charge in [-0.05, 0) is 18.4 Å². The number of rotatable bonds is 8. The van der Waals surface area contributed by atoms with Crippen LogP contribution in [-0.2, 0) is 27.7 Å². The van der Waals surface area contributed by atoms with Gasteiger partial charge >= 0.3 is 5.69 Å². The topological polar surface area (TPSA) is 162 Å². The summed E-state index contributed by atoms with van der Waals surface area (Å²) in [6, 6.07) is 8.50. The van der Waals surface area contributed by atoms with Gasteiger partial charge < -0.3 is 10.3 Å². The molecule has 4 aromatic rings. The lowest BCUT2D eigenvalue weighted by molar-refractivity contribution is -0.118. The molecule has 0 atom stereocenters. The maximum absolute atomic E-state index is 13.4. The second-order valence-corrected chi connectivity index (χ2v) is 11.4. The second kappa shape index (κ2) is 10.3. The number of benzene rings is 1. The first-order chi connectivity index (χ1) is 17.9. The van der Waals surface area contributed by atoms with Gasteiger partial charge in [0.1, 0.15) is 16.9 Å². The highest BCUT2D eigenvalue weighted by Gasteiger charge is 2.32. The molecule has 3 aromatic heterocycles. The molecule has 192 valence electrons. The SMILES string of the molecule is O=C(CSc1ncnc2nc[nH]c12)NCCCn1c(=O)c(-c2ccccc2)c2n(c1=O)CCCS2(=O)=O. The zero-order valence-corrected chi connectivity index (χ0v) is 21.2. The highest BCUT2D eigenvalue weighted by atomic mass is 32.2. The van der Waals surface area contributed by atoms with Gasteiger partial charge in [-0.3, -0.25) is 18.7 Å². The van der Waals surface area contributed by atoms with Crippen molar-refractivity contribution in [1.82, 2.24) is 34.4 Å². The molecule has 0 fully saturated rings. The first-order valence-corrected chi connectivity index (χ1v) is 14.2. The zero-order chi connectivity index (χ0) is 26.0. The number of thioether (sulfide) groups is 1. The highest BCUT2D eigenvalue weighted by molar-refractivity contribution is 8.00. The van der Waals surface area contributed by atoms with Crippen LogP contribution in [0.3, 0.4) is 0 Å². The molecule has 37 heavy (non-hydrogen) atoms. The molecule has 0 spiro atoms. The van der Waals surface area contributed by atoms with Crippen LogP contribution in [0.25, 0.3) is 22.3 Å². The summed E-state index contributed by atoms with van der Waals surface area (Å²) in [4.78, 5) is 54.1. The number of carbonyl (C=O) groups is 1. The molecule has 5 rings (SSSR count). The van der Waals surface area contributed by atoms with Gasteiger partial charge in [-0.1, -0.05) is 42.1 Å². The maximum atomic E-state index is 13.4. The van der Waals surface area contributed by atoms with Crippen molar-refractivity contribution in [3.8, 4) is 11.1 Å². The summed E-state index contributed by atoms with van der Waals surface area (Å²) in [6.07, 6.45) is 3.50. The Hall–Kier alpha value is -3.78. The molecule has 0 unspecified atom stereocenters. The summed E-state index contributed by atoms with van der Waals surface area (Å²) in [5.41, 5.74) is 0.317. The van der Waals surface area contributed by atoms with E-state index >= 15 is 0 Å². The van der Waals surface area contributed by atoms with Gasteiger partial charge in [-0.25, -0.2) is 28.2 Å². The van der Waals surface area contributed by atoms with Crippen molar-refractivity contribution in [2.24, 2.45) is 0 Å². The van der Waals surface area contributed by atoms with E-state index in [1.807, 2.05) is 0 Å². The Kier molecular flexibility index (Phi) is 6.93. The summed E-state index contributed by atoms with van der Waals surface area (Å²) >= 11 is 1.24. The first kappa shape index (κ1) is 24.9. The molecule has 14 heteroatoms. The van der Waals surface area contributed by atoms with Crippen molar-refractivity contribution in [1.29, 1.82) is 0 Å². The molecule has 0 saturated carbocycles. The summed E-state index contributed by atoms with van der Waals surface area (Å²) in [7, 11) is -3.78. The van der Waals surface area contributed by atoms with Crippen LogP contribution in [0.4, 0.5) is 0 Å². The number of fused-ring (bicyclic) bond motifs is 2. The van der Waals surface area contributed by atoms with Crippen LogP contribution in [-0.4, -0.2) is 61.4 Å². The smallest absolute Gasteiger partial charge is 0.332 e. The number of carbonyl (C=O) groups excluding carboxylic acids is 1. The number of aromatic nitrogens is 6. The summed E-state index contributed by atoms with van der Waals surface area (Å²) in [6.45, 7) is 0.481. The summed E-state index contributed by atoms with van der Waals surface area (Å²) in [5, 5.41) is 3.17. The number of amides is 1. The Morgan fingerprint density at radius 2 is 1.95 bits per heavy atom. The number of hydrogen-bond acceptors (Lipinski definition) is 9. The lowest BCUT2D eigenvalue weighted by Crippen LogP contribution is -2.45. The van der Waals surface area contributed by atoms with Crippen molar-refractivity contribution < 1.29 is 13.2 Å². The van der Waals surface area contributed by atoms with E-state index in [0.717, 1.165) is 4.57 Å². The van der Waals surface area contributed by atoms with E-state index in [0.29, 0.717) is 34.6 Å². The Labute approximate surface area is 215 Å². The van der Waals surface area contributed by atoms with Crippen molar-refractivity contribution in [3.63, 3.8) is 0 Å². The average molecular weight is 542 g/mol. The zero-order valence-electron chi connectivity index (χ0n) is 19.6. The number of hydrogen-bond donors (Lipinski definition) is 2. The van der Waals surface area contributed by atoms with E-state index in [-0.39, 0.29) is 47.6 Å². The molecule has 0 saturated heterocycles. The average Bonchev–Trinajstić information content (AvgIpc) is 3.37. The molecule has 1 aliphatic heterocycles. The predicted octanol–water partition coefficient (Wildman–Crippen LogP) is 0.819. The monoisotopic (exact) mass is 541 g/mol. The highest BCUT2D eigenvalue weighted by Crippen LogP contribution is 2.27. The molecule has 2 N–H and O–H groups in total. The Morgan fingerprint density at radius 3 is 2.76 bits per heavy atom. The molecule has 0 aliphatic carbocycles. The van der Waals surface area contributed by atoms with Crippen molar-refractivity contribution in [3.05, 3.63) is 63.8 Å². The van der Waals surface area contributed by atoms with E-state index in [2.05, 4.69) is 25.3 Å². The van der Waals surface area contributed by atoms with Crippen LogP contribution in [0.1, 0.15) is 12.8 Å². The number of aromatic amines is 1. The van der Waals surface area contributed by atoms with E-state index < -0.39 is 21.1 Å². The Morgan fingerprint density at radius 1 is 1.14 bits per heavy atom. The number of imidazole rings is 1. The third kappa shape index (κ3) is 4.93.